The lowest BCUT2D eigenvalue weighted by Crippen LogP contribution is -2.22. The van der Waals surface area contributed by atoms with Crippen LogP contribution in [-0.4, -0.2) is 21.7 Å². The second-order valence-electron chi connectivity index (χ2n) is 3.16. The van der Waals surface area contributed by atoms with Crippen molar-refractivity contribution >= 4 is 52.4 Å². The van der Waals surface area contributed by atoms with E-state index in [-0.39, 0.29) is 12.0 Å². The zero-order valence-electron chi connectivity index (χ0n) is 8.44. The molecular weight excluding hydrogens is 282 g/mol. The van der Waals surface area contributed by atoms with Crippen molar-refractivity contribution in [3.63, 3.8) is 0 Å². The van der Waals surface area contributed by atoms with Crippen molar-refractivity contribution in [2.75, 3.05) is 6.61 Å². The summed E-state index contributed by atoms with van der Waals surface area (Å²) in [4.78, 5) is 11.0. The van der Waals surface area contributed by atoms with Gasteiger partial charge in [0.15, 0.2) is 0 Å². The Morgan fingerprint density at radius 2 is 1.93 bits per heavy atom. The van der Waals surface area contributed by atoms with E-state index in [1.807, 2.05) is 0 Å². The average molecular weight is 296 g/mol. The van der Waals surface area contributed by atoms with Crippen molar-refractivity contribution in [2.24, 2.45) is 0 Å². The molecule has 2 nitrogen and oxygen atoms in total. The Hall–Kier alpha value is 0.630. The number of hydrogen-bond donors (Lipinski definition) is 0. The Labute approximate surface area is 110 Å². The normalized spacial score (nSPS) is 13.7. The van der Waals surface area contributed by atoms with Crippen LogP contribution in [0.25, 0.3) is 0 Å². The summed E-state index contributed by atoms with van der Waals surface area (Å²) < 4.78 is 2.76. The molecule has 0 N–H and O–H groups in total. The molecule has 0 aliphatic rings. The highest BCUT2D eigenvalue weighted by atomic mass is 35.6. The van der Waals surface area contributed by atoms with Crippen LogP contribution in [0.1, 0.15) is 32.6 Å². The minimum Gasteiger partial charge on any atom is -0.463 e. The van der Waals surface area contributed by atoms with Crippen LogP contribution in [-0.2, 0) is 9.53 Å². The fraction of sp³-hybridized carbons (Fsp3) is 0.889. The molecular formula is C9H14Cl4O2. The first-order valence-corrected chi connectivity index (χ1v) is 6.33. The van der Waals surface area contributed by atoms with Crippen molar-refractivity contribution < 1.29 is 9.53 Å². The third-order valence-corrected chi connectivity index (χ3v) is 2.63. The van der Waals surface area contributed by atoms with E-state index in [4.69, 9.17) is 51.1 Å². The van der Waals surface area contributed by atoms with E-state index in [1.54, 1.807) is 0 Å². The van der Waals surface area contributed by atoms with Crippen molar-refractivity contribution in [1.82, 2.24) is 0 Å². The van der Waals surface area contributed by atoms with Crippen LogP contribution in [0.2, 0.25) is 0 Å². The lowest BCUT2D eigenvalue weighted by atomic mass is 10.1. The van der Waals surface area contributed by atoms with E-state index in [1.165, 1.54) is 0 Å². The number of esters is 1. The third-order valence-electron chi connectivity index (χ3n) is 1.73. The number of carbonyl (C=O) groups excluding carboxylic acids is 1. The van der Waals surface area contributed by atoms with Gasteiger partial charge in [-0.15, -0.1) is 11.6 Å². The van der Waals surface area contributed by atoms with Gasteiger partial charge in [0.05, 0.1) is 6.61 Å². The number of ether oxygens (including phenoxy) is 1. The Kier molecular flexibility index (Phi) is 8.16. The number of hydrogen-bond acceptors (Lipinski definition) is 2. The van der Waals surface area contributed by atoms with Crippen molar-refractivity contribution in [3.8, 4) is 0 Å². The maximum Gasteiger partial charge on any atom is 0.358 e. The first kappa shape index (κ1) is 15.6. The van der Waals surface area contributed by atoms with Crippen LogP contribution in [0.4, 0.5) is 0 Å². The predicted octanol–water partition coefficient (Wildman–Crippen LogP) is 4.09. The van der Waals surface area contributed by atoms with E-state index < -0.39 is 9.76 Å². The van der Waals surface area contributed by atoms with Gasteiger partial charge in [-0.05, 0) is 19.3 Å². The van der Waals surface area contributed by atoms with Crippen LogP contribution in [0.5, 0.6) is 0 Å². The van der Waals surface area contributed by atoms with Crippen LogP contribution < -0.4 is 0 Å². The largest absolute Gasteiger partial charge is 0.463 e. The molecule has 0 heterocycles. The van der Waals surface area contributed by atoms with Gasteiger partial charge in [-0.2, -0.15) is 0 Å². The summed E-state index contributed by atoms with van der Waals surface area (Å²) in [5.74, 6) is -0.839. The highest BCUT2D eigenvalue weighted by Crippen LogP contribution is 2.27. The molecule has 0 saturated heterocycles. The number of rotatable bonds is 6. The number of halogens is 4. The van der Waals surface area contributed by atoms with Gasteiger partial charge in [-0.3, -0.25) is 0 Å². The summed E-state index contributed by atoms with van der Waals surface area (Å²) in [7, 11) is 0. The lowest BCUT2D eigenvalue weighted by molar-refractivity contribution is -0.142. The Balaban J connectivity index is 3.51. The molecule has 1 atom stereocenters. The van der Waals surface area contributed by atoms with Crippen molar-refractivity contribution in [2.45, 2.75) is 41.8 Å². The maximum absolute atomic E-state index is 11.0. The molecule has 0 aromatic carbocycles. The van der Waals surface area contributed by atoms with Gasteiger partial charge in [-0.1, -0.05) is 48.1 Å². The smallest absolute Gasteiger partial charge is 0.358 e. The highest BCUT2D eigenvalue weighted by molar-refractivity contribution is 6.75. The van der Waals surface area contributed by atoms with E-state index in [0.717, 1.165) is 19.3 Å². The van der Waals surface area contributed by atoms with E-state index >= 15 is 0 Å². The topological polar surface area (TPSA) is 26.3 Å². The van der Waals surface area contributed by atoms with Gasteiger partial charge in [0.1, 0.15) is 0 Å². The van der Waals surface area contributed by atoms with Gasteiger partial charge in [0.25, 0.3) is 3.79 Å². The third kappa shape index (κ3) is 8.44. The summed E-state index contributed by atoms with van der Waals surface area (Å²) >= 11 is 21.9. The molecule has 0 rings (SSSR count). The Morgan fingerprint density at radius 1 is 1.33 bits per heavy atom. The molecule has 0 aliphatic carbocycles. The number of alkyl halides is 4. The fourth-order valence-corrected chi connectivity index (χ4v) is 1.55. The molecule has 0 saturated carbocycles. The molecule has 0 aromatic heterocycles. The molecule has 90 valence electrons. The predicted molar refractivity (Wildman–Crippen MR) is 65.0 cm³/mol. The summed E-state index contributed by atoms with van der Waals surface area (Å²) in [6.45, 7) is 2.30. The van der Waals surface area contributed by atoms with Crippen molar-refractivity contribution in [3.05, 3.63) is 0 Å². The zero-order chi connectivity index (χ0) is 11.9. The van der Waals surface area contributed by atoms with Gasteiger partial charge < -0.3 is 4.74 Å². The molecule has 0 amide bonds. The fourth-order valence-electron chi connectivity index (χ4n) is 1.01. The van der Waals surface area contributed by atoms with Crippen molar-refractivity contribution in [1.29, 1.82) is 0 Å². The maximum atomic E-state index is 11.0. The van der Waals surface area contributed by atoms with Crippen LogP contribution in [0.15, 0.2) is 0 Å². The molecule has 0 spiro atoms. The average Bonchev–Trinajstić information content (AvgIpc) is 2.11. The second-order valence-corrected chi connectivity index (χ2v) is 6.06. The first-order chi connectivity index (χ1) is 6.88. The Bertz CT molecular complexity index is 191. The molecule has 0 fully saturated rings. The van der Waals surface area contributed by atoms with Gasteiger partial charge in [0, 0.05) is 5.38 Å². The molecule has 6 heteroatoms. The standard InChI is InChI=1S/C9H14Cl4O2/c1-2-4-7(10)5-3-6-15-8(14)9(11,12)13/h7H,2-6H2,1H3. The zero-order valence-corrected chi connectivity index (χ0v) is 11.5. The van der Waals surface area contributed by atoms with Gasteiger partial charge >= 0.3 is 5.97 Å². The molecule has 0 bridgehead atoms. The summed E-state index contributed by atoms with van der Waals surface area (Å²) in [6, 6.07) is 0. The van der Waals surface area contributed by atoms with E-state index in [0.29, 0.717) is 6.42 Å². The van der Waals surface area contributed by atoms with Crippen LogP contribution >= 0.6 is 46.4 Å². The highest BCUT2D eigenvalue weighted by Gasteiger charge is 2.32. The van der Waals surface area contributed by atoms with E-state index in [2.05, 4.69) is 6.92 Å². The molecule has 15 heavy (non-hydrogen) atoms. The van der Waals surface area contributed by atoms with Crippen LogP contribution in [0.3, 0.4) is 0 Å². The monoisotopic (exact) mass is 294 g/mol. The summed E-state index contributed by atoms with van der Waals surface area (Å²) in [5.41, 5.74) is 0. The second kappa shape index (κ2) is 7.83. The minimum atomic E-state index is -1.98. The summed E-state index contributed by atoms with van der Waals surface area (Å²) in [5, 5.41) is 0.126. The molecule has 0 aliphatic heterocycles. The minimum absolute atomic E-state index is 0.126. The molecule has 0 aromatic rings. The lowest BCUT2D eigenvalue weighted by Gasteiger charge is -2.11. The quantitative estimate of drug-likeness (QED) is 0.419. The van der Waals surface area contributed by atoms with Gasteiger partial charge in [-0.25, -0.2) is 4.79 Å². The number of carbonyl (C=O) groups is 1. The molecule has 0 radical (unpaired) electrons. The Morgan fingerprint density at radius 3 is 2.40 bits per heavy atom. The SMILES string of the molecule is CCCC(Cl)CCCOC(=O)C(Cl)(Cl)Cl. The van der Waals surface area contributed by atoms with Crippen LogP contribution in [0, 0.1) is 0 Å². The van der Waals surface area contributed by atoms with Gasteiger partial charge in [0.2, 0.25) is 0 Å². The molecule has 1 unspecified atom stereocenters. The van der Waals surface area contributed by atoms with E-state index in [9.17, 15) is 4.79 Å². The summed E-state index contributed by atoms with van der Waals surface area (Å²) in [6.07, 6.45) is 3.48. The first-order valence-electron chi connectivity index (χ1n) is 4.76.